The van der Waals surface area contributed by atoms with E-state index >= 15 is 0 Å². The fraction of sp³-hybridized carbons (Fsp3) is 0.360. The van der Waals surface area contributed by atoms with Gasteiger partial charge in [-0.3, -0.25) is 9.55 Å². The van der Waals surface area contributed by atoms with Gasteiger partial charge in [-0.15, -0.1) is 0 Å². The number of methoxy groups -OCH3 is 2. The van der Waals surface area contributed by atoms with Crippen molar-refractivity contribution < 1.29 is 33.3 Å². The number of para-hydroxylation sites is 1. The number of esters is 1. The summed E-state index contributed by atoms with van der Waals surface area (Å²) < 4.78 is 22.3. The Kier molecular flexibility index (Phi) is 7.95. The Bertz CT molecular complexity index is 1210. The highest BCUT2D eigenvalue weighted by Gasteiger charge is 2.23. The third-order valence-corrected chi connectivity index (χ3v) is 4.94. The van der Waals surface area contributed by atoms with Gasteiger partial charge in [0.1, 0.15) is 18.0 Å². The van der Waals surface area contributed by atoms with Crippen molar-refractivity contribution in [2.45, 2.75) is 38.8 Å². The summed E-state index contributed by atoms with van der Waals surface area (Å²) in [6.45, 7) is 5.35. The van der Waals surface area contributed by atoms with Gasteiger partial charge in [0, 0.05) is 17.8 Å². The first-order valence-corrected chi connectivity index (χ1v) is 10.9. The van der Waals surface area contributed by atoms with Gasteiger partial charge in [-0.05, 0) is 44.9 Å². The third kappa shape index (κ3) is 6.72. The molecule has 0 saturated carbocycles. The van der Waals surface area contributed by atoms with Crippen molar-refractivity contribution in [1.29, 1.82) is 0 Å². The zero-order valence-electron chi connectivity index (χ0n) is 20.4. The number of benzene rings is 1. The number of aromatic nitrogens is 2. The van der Waals surface area contributed by atoms with Crippen LogP contribution in [0.1, 0.15) is 36.7 Å². The molecule has 0 radical (unpaired) electrons. The third-order valence-electron chi connectivity index (χ3n) is 4.94. The van der Waals surface area contributed by atoms with Gasteiger partial charge in [0.05, 0.1) is 37.5 Å². The van der Waals surface area contributed by atoms with Crippen LogP contribution >= 0.6 is 0 Å². The van der Waals surface area contributed by atoms with Crippen molar-refractivity contribution in [3.63, 3.8) is 0 Å². The summed E-state index contributed by atoms with van der Waals surface area (Å²) in [7, 11) is 2.59. The number of fused-ring (bicyclic) bond motifs is 1. The van der Waals surface area contributed by atoms with Gasteiger partial charge in [-0.25, -0.2) is 14.4 Å². The number of hydrogen-bond donors (Lipinski definition) is 1. The van der Waals surface area contributed by atoms with E-state index in [1.54, 1.807) is 27.0 Å². The van der Waals surface area contributed by atoms with Crippen LogP contribution in [0.15, 0.2) is 48.9 Å². The molecule has 1 N–H and O–H groups in total. The van der Waals surface area contributed by atoms with E-state index in [0.717, 1.165) is 10.9 Å². The molecule has 1 aromatic carbocycles. The maximum absolute atomic E-state index is 12.5. The molecule has 2 aromatic heterocycles. The Morgan fingerprint density at radius 1 is 1.09 bits per heavy atom. The molecule has 35 heavy (non-hydrogen) atoms. The van der Waals surface area contributed by atoms with Gasteiger partial charge >= 0.3 is 18.2 Å². The summed E-state index contributed by atoms with van der Waals surface area (Å²) in [5, 5.41) is 3.67. The fourth-order valence-corrected chi connectivity index (χ4v) is 3.48. The molecule has 1 unspecified atom stereocenters. The van der Waals surface area contributed by atoms with E-state index in [1.165, 1.54) is 37.2 Å². The number of carbonyl (C=O) groups excluding carboxylic acids is 3. The number of carbonyl (C=O) groups is 3. The summed E-state index contributed by atoms with van der Waals surface area (Å²) in [6.07, 6.45) is 3.71. The highest BCUT2D eigenvalue weighted by atomic mass is 16.6. The van der Waals surface area contributed by atoms with Crippen LogP contribution < -0.4 is 10.1 Å². The first-order valence-electron chi connectivity index (χ1n) is 10.9. The van der Waals surface area contributed by atoms with E-state index in [2.05, 4.69) is 10.3 Å². The molecule has 0 aliphatic rings. The lowest BCUT2D eigenvalue weighted by Crippen LogP contribution is -2.43. The van der Waals surface area contributed by atoms with Gasteiger partial charge < -0.3 is 24.3 Å². The van der Waals surface area contributed by atoms with Crippen LogP contribution in [0.25, 0.3) is 10.9 Å². The van der Waals surface area contributed by atoms with Crippen molar-refractivity contribution in [3.05, 3.63) is 60.0 Å². The van der Waals surface area contributed by atoms with Crippen LogP contribution in [-0.2, 0) is 20.6 Å². The number of hydrogen-bond acceptors (Lipinski definition) is 8. The first kappa shape index (κ1) is 25.5. The Balaban J connectivity index is 1.86. The molecule has 0 aliphatic heterocycles. The predicted octanol–water partition coefficient (Wildman–Crippen LogP) is 3.95. The van der Waals surface area contributed by atoms with E-state index in [4.69, 9.17) is 18.9 Å². The van der Waals surface area contributed by atoms with Gasteiger partial charge in [-0.1, -0.05) is 18.2 Å². The minimum atomic E-state index is -0.685. The van der Waals surface area contributed by atoms with E-state index < -0.39 is 29.8 Å². The Labute approximate surface area is 203 Å². The monoisotopic (exact) mass is 483 g/mol. The largest absolute Gasteiger partial charge is 0.490 e. The number of pyridine rings is 1. The van der Waals surface area contributed by atoms with Crippen LogP contribution in [0.2, 0.25) is 0 Å². The van der Waals surface area contributed by atoms with Crippen molar-refractivity contribution in [3.8, 4) is 5.75 Å². The zero-order valence-corrected chi connectivity index (χ0v) is 20.4. The fourth-order valence-electron chi connectivity index (χ4n) is 3.48. The van der Waals surface area contributed by atoms with Gasteiger partial charge in [0.25, 0.3) is 0 Å². The second-order valence-electron chi connectivity index (χ2n) is 8.77. The minimum absolute atomic E-state index is 0.0449. The minimum Gasteiger partial charge on any atom is -0.490 e. The molecule has 0 saturated heterocycles. The average molecular weight is 484 g/mol. The van der Waals surface area contributed by atoms with Crippen molar-refractivity contribution in [2.75, 3.05) is 20.8 Å². The van der Waals surface area contributed by atoms with Gasteiger partial charge in [0.2, 0.25) is 0 Å². The molecule has 0 fully saturated rings. The smallest absolute Gasteiger partial charge is 0.418 e. The normalized spacial score (nSPS) is 12.0. The lowest BCUT2D eigenvalue weighted by Gasteiger charge is -2.24. The lowest BCUT2D eigenvalue weighted by atomic mass is 10.1. The number of nitrogens with one attached hydrogen (secondary N) is 1. The van der Waals surface area contributed by atoms with Crippen molar-refractivity contribution >= 4 is 29.1 Å². The molecule has 1 amide bonds. The summed E-state index contributed by atoms with van der Waals surface area (Å²) in [5.41, 5.74) is 1.04. The first-order chi connectivity index (χ1) is 16.6. The molecule has 1 atom stereocenters. The molecular weight excluding hydrogens is 454 g/mol. The van der Waals surface area contributed by atoms with Gasteiger partial charge in [0.15, 0.2) is 0 Å². The lowest BCUT2D eigenvalue weighted by molar-refractivity contribution is 0.0487. The molecule has 3 rings (SSSR count). The summed E-state index contributed by atoms with van der Waals surface area (Å²) in [6, 6.07) is 8.36. The molecule has 0 bridgehead atoms. The molecule has 186 valence electrons. The van der Waals surface area contributed by atoms with Crippen LogP contribution in [-0.4, -0.2) is 60.2 Å². The standard InChI is InChI=1S/C25H29N3O7/c1-25(2,3)35-23(30)27-18(15-34-19-11-16(12-26-13-19)22(29)32-4)10-17-14-28(24(31)33-5)21-9-7-6-8-20(17)21/h6-9,11-14,18H,10,15H2,1-5H3,(H,27,30). The molecular formula is C25H29N3O7. The zero-order chi connectivity index (χ0) is 25.6. The van der Waals surface area contributed by atoms with Gasteiger partial charge in [-0.2, -0.15) is 0 Å². The molecule has 2 heterocycles. The second-order valence-corrected chi connectivity index (χ2v) is 8.77. The molecule has 10 nitrogen and oxygen atoms in total. The number of ether oxygens (including phenoxy) is 4. The molecule has 0 spiro atoms. The van der Waals surface area contributed by atoms with Crippen LogP contribution in [0, 0.1) is 0 Å². The quantitative estimate of drug-likeness (QED) is 0.396. The number of rotatable bonds is 7. The molecule has 10 heteroatoms. The Morgan fingerprint density at radius 2 is 1.83 bits per heavy atom. The highest BCUT2D eigenvalue weighted by Crippen LogP contribution is 2.23. The highest BCUT2D eigenvalue weighted by molar-refractivity contribution is 5.92. The second kappa shape index (κ2) is 10.9. The van der Waals surface area contributed by atoms with Crippen molar-refractivity contribution in [2.24, 2.45) is 0 Å². The maximum atomic E-state index is 12.5. The maximum Gasteiger partial charge on any atom is 0.418 e. The molecule has 3 aromatic rings. The number of nitrogens with zero attached hydrogens (tertiary/aromatic N) is 2. The predicted molar refractivity (Wildman–Crippen MR) is 128 cm³/mol. The van der Waals surface area contributed by atoms with Crippen LogP contribution in [0.3, 0.4) is 0 Å². The summed E-state index contributed by atoms with van der Waals surface area (Å²) in [5.74, 6) is -0.206. The average Bonchev–Trinajstić information content (AvgIpc) is 3.19. The Hall–Kier alpha value is -4.08. The number of amides is 1. The van der Waals surface area contributed by atoms with E-state index in [0.29, 0.717) is 17.7 Å². The summed E-state index contributed by atoms with van der Waals surface area (Å²) in [4.78, 5) is 40.6. The molecule has 0 aliphatic carbocycles. The van der Waals surface area contributed by atoms with Crippen LogP contribution in [0.4, 0.5) is 9.59 Å². The Morgan fingerprint density at radius 3 is 2.51 bits per heavy atom. The van der Waals surface area contributed by atoms with E-state index in [1.807, 2.05) is 24.3 Å². The SMILES string of the molecule is COC(=O)c1cncc(OCC(Cc2cn(C(=O)OC)c3ccccc23)NC(=O)OC(C)(C)C)c1. The van der Waals surface area contributed by atoms with E-state index in [-0.39, 0.29) is 12.2 Å². The summed E-state index contributed by atoms with van der Waals surface area (Å²) >= 11 is 0. The van der Waals surface area contributed by atoms with E-state index in [9.17, 15) is 14.4 Å². The van der Waals surface area contributed by atoms with Crippen molar-refractivity contribution in [1.82, 2.24) is 14.9 Å². The topological polar surface area (TPSA) is 118 Å². The van der Waals surface area contributed by atoms with Crippen LogP contribution in [0.5, 0.6) is 5.75 Å². The number of alkyl carbamates (subject to hydrolysis) is 1.